The standard InChI is InChI=1S/C19H26N2O3S/c1-3-10-19(11-12-19)20-25(23,24)17-9-5-7-15(14-17)18(22)21-13-6-8-16(21)4-2/h5-9,14,16,20H,3-4,10-13H2,1-2H3/t16-/m0/s1. The largest absolute Gasteiger partial charge is 0.329 e. The molecule has 1 aromatic rings. The topological polar surface area (TPSA) is 66.5 Å². The summed E-state index contributed by atoms with van der Waals surface area (Å²) in [6, 6.07) is 6.47. The third-order valence-corrected chi connectivity index (χ3v) is 6.64. The van der Waals surface area contributed by atoms with Crippen LogP contribution in [0.15, 0.2) is 41.3 Å². The fraction of sp³-hybridized carbons (Fsp3) is 0.526. The maximum atomic E-state index is 12.8. The molecule has 2 aliphatic rings. The van der Waals surface area contributed by atoms with Crippen LogP contribution in [-0.2, 0) is 10.0 Å². The second kappa shape index (κ2) is 6.92. The quantitative estimate of drug-likeness (QED) is 0.758. The van der Waals surface area contributed by atoms with Crippen LogP contribution >= 0.6 is 0 Å². The molecule has 1 heterocycles. The van der Waals surface area contributed by atoms with Gasteiger partial charge in [0.25, 0.3) is 5.91 Å². The molecule has 25 heavy (non-hydrogen) atoms. The first-order chi connectivity index (χ1) is 11.9. The summed E-state index contributed by atoms with van der Waals surface area (Å²) in [5, 5.41) is 0. The van der Waals surface area contributed by atoms with Gasteiger partial charge in [-0.15, -0.1) is 0 Å². The van der Waals surface area contributed by atoms with Gasteiger partial charge in [0, 0.05) is 17.6 Å². The summed E-state index contributed by atoms with van der Waals surface area (Å²) >= 11 is 0. The van der Waals surface area contributed by atoms with Gasteiger partial charge in [0.05, 0.1) is 10.9 Å². The summed E-state index contributed by atoms with van der Waals surface area (Å²) in [4.78, 5) is 14.7. The molecule has 1 N–H and O–H groups in total. The Morgan fingerprint density at radius 3 is 2.72 bits per heavy atom. The minimum absolute atomic E-state index is 0.0881. The highest BCUT2D eigenvalue weighted by Crippen LogP contribution is 2.41. The highest BCUT2D eigenvalue weighted by molar-refractivity contribution is 7.89. The third kappa shape index (κ3) is 3.80. The molecule has 0 unspecified atom stereocenters. The molecule has 6 heteroatoms. The van der Waals surface area contributed by atoms with Crippen molar-refractivity contribution < 1.29 is 13.2 Å². The summed E-state index contributed by atoms with van der Waals surface area (Å²) in [5.74, 6) is -0.122. The monoisotopic (exact) mass is 362 g/mol. The van der Waals surface area contributed by atoms with Crippen molar-refractivity contribution in [2.45, 2.75) is 62.4 Å². The molecular weight excluding hydrogens is 336 g/mol. The SMILES string of the molecule is CCCC1(NS(=O)(=O)c2cccc(C(=O)N3CC=C[C@@H]3CC)c2)CC1. The van der Waals surface area contributed by atoms with Gasteiger partial charge in [0.15, 0.2) is 0 Å². The van der Waals surface area contributed by atoms with E-state index in [1.54, 1.807) is 23.1 Å². The van der Waals surface area contributed by atoms with E-state index in [0.29, 0.717) is 12.1 Å². The first-order valence-corrected chi connectivity index (χ1v) is 10.5. The average molecular weight is 362 g/mol. The van der Waals surface area contributed by atoms with E-state index in [-0.39, 0.29) is 22.4 Å². The van der Waals surface area contributed by atoms with Crippen LogP contribution in [0.3, 0.4) is 0 Å². The molecule has 136 valence electrons. The Morgan fingerprint density at radius 1 is 1.32 bits per heavy atom. The van der Waals surface area contributed by atoms with E-state index < -0.39 is 10.0 Å². The molecule has 1 saturated carbocycles. The van der Waals surface area contributed by atoms with Crippen LogP contribution in [0, 0.1) is 0 Å². The van der Waals surface area contributed by atoms with Crippen molar-refractivity contribution in [1.82, 2.24) is 9.62 Å². The van der Waals surface area contributed by atoms with E-state index in [0.717, 1.165) is 32.1 Å². The lowest BCUT2D eigenvalue weighted by atomic mass is 10.1. The third-order valence-electron chi connectivity index (χ3n) is 5.06. The molecule has 3 rings (SSSR count). The minimum atomic E-state index is -3.61. The molecule has 1 amide bonds. The van der Waals surface area contributed by atoms with Crippen LogP contribution in [0.25, 0.3) is 0 Å². The van der Waals surface area contributed by atoms with Crippen molar-refractivity contribution in [2.75, 3.05) is 6.54 Å². The number of sulfonamides is 1. The average Bonchev–Trinajstić information content (AvgIpc) is 3.17. The molecule has 0 aromatic heterocycles. The van der Waals surface area contributed by atoms with Gasteiger partial charge < -0.3 is 4.90 Å². The van der Waals surface area contributed by atoms with Crippen molar-refractivity contribution in [3.05, 3.63) is 42.0 Å². The summed E-state index contributed by atoms with van der Waals surface area (Å²) < 4.78 is 28.3. The maximum Gasteiger partial charge on any atom is 0.254 e. The molecule has 1 aromatic carbocycles. The molecule has 1 fully saturated rings. The second-order valence-corrected chi connectivity index (χ2v) is 8.71. The lowest BCUT2D eigenvalue weighted by molar-refractivity contribution is 0.0747. The number of rotatable bonds is 7. The lowest BCUT2D eigenvalue weighted by Gasteiger charge is -2.24. The van der Waals surface area contributed by atoms with Crippen LogP contribution in [0.2, 0.25) is 0 Å². The van der Waals surface area contributed by atoms with Crippen LogP contribution in [0.4, 0.5) is 0 Å². The van der Waals surface area contributed by atoms with Crippen molar-refractivity contribution >= 4 is 15.9 Å². The number of carbonyl (C=O) groups excluding carboxylic acids is 1. The Balaban J connectivity index is 1.80. The molecule has 0 spiro atoms. The van der Waals surface area contributed by atoms with Crippen molar-refractivity contribution in [2.24, 2.45) is 0 Å². The first-order valence-electron chi connectivity index (χ1n) is 9.02. The number of carbonyl (C=O) groups is 1. The van der Waals surface area contributed by atoms with Crippen molar-refractivity contribution in [3.8, 4) is 0 Å². The van der Waals surface area contributed by atoms with E-state index in [4.69, 9.17) is 0 Å². The lowest BCUT2D eigenvalue weighted by Crippen LogP contribution is -2.37. The Hall–Kier alpha value is -1.66. The van der Waals surface area contributed by atoms with Gasteiger partial charge in [-0.05, 0) is 43.9 Å². The van der Waals surface area contributed by atoms with Crippen molar-refractivity contribution in [3.63, 3.8) is 0 Å². The molecule has 0 radical (unpaired) electrons. The Bertz CT molecular complexity index is 782. The van der Waals surface area contributed by atoms with Gasteiger partial charge in [0.2, 0.25) is 10.0 Å². The number of amides is 1. The van der Waals surface area contributed by atoms with Gasteiger partial charge in [-0.3, -0.25) is 4.79 Å². The van der Waals surface area contributed by atoms with Crippen LogP contribution in [-0.4, -0.2) is 37.4 Å². The predicted molar refractivity (Wildman–Crippen MR) is 97.9 cm³/mol. The number of nitrogens with one attached hydrogen (secondary N) is 1. The molecule has 0 saturated heterocycles. The molecule has 1 aliphatic heterocycles. The fourth-order valence-electron chi connectivity index (χ4n) is 3.50. The zero-order chi connectivity index (χ0) is 18.1. The van der Waals surface area contributed by atoms with Gasteiger partial charge >= 0.3 is 0 Å². The Labute approximate surface area is 150 Å². The van der Waals surface area contributed by atoms with Gasteiger partial charge in [0.1, 0.15) is 0 Å². The van der Waals surface area contributed by atoms with E-state index in [1.165, 1.54) is 6.07 Å². The van der Waals surface area contributed by atoms with Gasteiger partial charge in [-0.2, -0.15) is 0 Å². The summed E-state index contributed by atoms with van der Waals surface area (Å²) in [7, 11) is -3.61. The number of nitrogens with zero attached hydrogens (tertiary/aromatic N) is 1. The summed E-state index contributed by atoms with van der Waals surface area (Å²) in [6.45, 7) is 4.67. The Kier molecular flexibility index (Phi) is 5.02. The highest BCUT2D eigenvalue weighted by atomic mass is 32.2. The zero-order valence-electron chi connectivity index (χ0n) is 14.9. The van der Waals surface area contributed by atoms with Gasteiger partial charge in [-0.1, -0.05) is 38.5 Å². The highest BCUT2D eigenvalue weighted by Gasteiger charge is 2.45. The molecule has 1 aliphatic carbocycles. The van der Waals surface area contributed by atoms with Gasteiger partial charge in [-0.25, -0.2) is 13.1 Å². The summed E-state index contributed by atoms with van der Waals surface area (Å²) in [5.41, 5.74) is 0.144. The van der Waals surface area contributed by atoms with Crippen LogP contribution in [0.5, 0.6) is 0 Å². The van der Waals surface area contributed by atoms with Crippen LogP contribution < -0.4 is 4.72 Å². The number of hydrogen-bond acceptors (Lipinski definition) is 3. The second-order valence-electron chi connectivity index (χ2n) is 7.02. The van der Waals surface area contributed by atoms with E-state index in [1.807, 2.05) is 19.1 Å². The summed E-state index contributed by atoms with van der Waals surface area (Å²) in [6.07, 6.45) is 8.43. The maximum absolute atomic E-state index is 12.8. The fourth-order valence-corrected chi connectivity index (χ4v) is 5.03. The van der Waals surface area contributed by atoms with Crippen LogP contribution in [0.1, 0.15) is 56.3 Å². The number of hydrogen-bond donors (Lipinski definition) is 1. The van der Waals surface area contributed by atoms with Crippen molar-refractivity contribution in [1.29, 1.82) is 0 Å². The van der Waals surface area contributed by atoms with E-state index in [9.17, 15) is 13.2 Å². The minimum Gasteiger partial charge on any atom is -0.329 e. The van der Waals surface area contributed by atoms with E-state index >= 15 is 0 Å². The smallest absolute Gasteiger partial charge is 0.254 e. The zero-order valence-corrected chi connectivity index (χ0v) is 15.7. The Morgan fingerprint density at radius 2 is 2.08 bits per heavy atom. The number of benzene rings is 1. The predicted octanol–water partition coefficient (Wildman–Crippen LogP) is 3.09. The normalized spacial score (nSPS) is 21.5. The molecular formula is C19H26N2O3S. The molecule has 1 atom stereocenters. The molecule has 0 bridgehead atoms. The first kappa shape index (κ1) is 18.1. The molecule has 5 nitrogen and oxygen atoms in total. The van der Waals surface area contributed by atoms with E-state index in [2.05, 4.69) is 11.6 Å².